The molecule has 10 atom stereocenters. The van der Waals surface area contributed by atoms with E-state index in [1.54, 1.807) is 7.11 Å². The van der Waals surface area contributed by atoms with E-state index >= 15 is 0 Å². The Morgan fingerprint density at radius 1 is 1.09 bits per heavy atom. The zero-order chi connectivity index (χ0) is 24.2. The lowest BCUT2D eigenvalue weighted by atomic mass is 9.44. The number of methoxy groups -OCH3 is 3. The van der Waals surface area contributed by atoms with E-state index in [0.29, 0.717) is 48.6 Å². The van der Waals surface area contributed by atoms with E-state index in [1.807, 2.05) is 14.2 Å². The number of hydrogen-bond donors (Lipinski definition) is 0. The van der Waals surface area contributed by atoms with Gasteiger partial charge in [0.15, 0.2) is 0 Å². The predicted octanol–water partition coefficient (Wildman–Crippen LogP) is 5.77. The van der Waals surface area contributed by atoms with Crippen molar-refractivity contribution in [1.29, 1.82) is 0 Å². The van der Waals surface area contributed by atoms with Crippen molar-refractivity contribution in [3.05, 3.63) is 0 Å². The Kier molecular flexibility index (Phi) is 9.96. The molecule has 0 aliphatic heterocycles. The van der Waals surface area contributed by atoms with Crippen LogP contribution in [0.15, 0.2) is 0 Å². The molecule has 3 rings (SSSR count). The molecule has 6 heteroatoms. The maximum absolute atomic E-state index is 11.1. The summed E-state index contributed by atoms with van der Waals surface area (Å²) in [7, 11) is 5.62. The Balaban J connectivity index is 1.95. The summed E-state index contributed by atoms with van der Waals surface area (Å²) < 4.78 is 24.4. The minimum absolute atomic E-state index is 0.129. The van der Waals surface area contributed by atoms with Crippen molar-refractivity contribution in [3.8, 4) is 0 Å². The maximum atomic E-state index is 11.1. The van der Waals surface area contributed by atoms with Crippen LogP contribution in [0.5, 0.6) is 0 Å². The fraction of sp³-hybridized carbons (Fsp3) is 0.963. The molecular weight excluding hydrogens is 531 g/mol. The van der Waals surface area contributed by atoms with Crippen LogP contribution in [0.4, 0.5) is 0 Å². The summed E-state index contributed by atoms with van der Waals surface area (Å²) in [5, 5.41) is 0. The predicted molar refractivity (Wildman–Crippen MR) is 140 cm³/mol. The Hall–Kier alpha value is 0.0800. The van der Waals surface area contributed by atoms with Gasteiger partial charge in [-0.05, 0) is 80.0 Å². The molecule has 0 N–H and O–H groups in total. The second kappa shape index (κ2) is 11.9. The van der Waals surface area contributed by atoms with Crippen LogP contribution in [0.2, 0.25) is 0 Å². The molecule has 0 aromatic rings. The summed E-state index contributed by atoms with van der Waals surface area (Å²) in [5.41, 5.74) is 0.306. The van der Waals surface area contributed by atoms with Crippen LogP contribution >= 0.6 is 22.6 Å². The molecule has 0 amide bonds. The molecule has 5 nitrogen and oxygen atoms in total. The minimum Gasteiger partial charge on any atom is -0.468 e. The van der Waals surface area contributed by atoms with Crippen molar-refractivity contribution in [2.75, 3.05) is 39.0 Å². The second-order valence-electron chi connectivity index (χ2n) is 11.5. The van der Waals surface area contributed by atoms with Gasteiger partial charge in [-0.25, -0.2) is 0 Å². The Morgan fingerprint density at radius 2 is 1.85 bits per heavy atom. The average molecular weight is 579 g/mol. The van der Waals surface area contributed by atoms with E-state index in [-0.39, 0.29) is 23.0 Å². The van der Waals surface area contributed by atoms with E-state index < -0.39 is 0 Å². The molecular formula is C27H47IO5. The van der Waals surface area contributed by atoms with Gasteiger partial charge in [0.2, 0.25) is 0 Å². The van der Waals surface area contributed by atoms with Crippen LogP contribution in [0.25, 0.3) is 0 Å². The Labute approximate surface area is 215 Å². The van der Waals surface area contributed by atoms with Crippen molar-refractivity contribution in [2.45, 2.75) is 77.9 Å². The van der Waals surface area contributed by atoms with Gasteiger partial charge in [0.1, 0.15) is 0 Å². The topological polar surface area (TPSA) is 54.0 Å². The highest BCUT2D eigenvalue weighted by atomic mass is 127. The largest absolute Gasteiger partial charge is 0.468 e. The zero-order valence-electron chi connectivity index (χ0n) is 21.7. The number of carbonyl (C=O) groups is 1. The first-order valence-corrected chi connectivity index (χ1v) is 14.5. The van der Waals surface area contributed by atoms with E-state index in [0.717, 1.165) is 36.7 Å². The van der Waals surface area contributed by atoms with Gasteiger partial charge in [0.25, 0.3) is 6.47 Å². The number of halogens is 1. The van der Waals surface area contributed by atoms with Gasteiger partial charge in [-0.2, -0.15) is 0 Å². The van der Waals surface area contributed by atoms with Gasteiger partial charge in [0, 0.05) is 43.7 Å². The maximum Gasteiger partial charge on any atom is 0.293 e. The monoisotopic (exact) mass is 578 g/mol. The lowest BCUT2D eigenvalue weighted by Crippen LogP contribution is -2.62. The van der Waals surface area contributed by atoms with Crippen molar-refractivity contribution in [1.82, 2.24) is 0 Å². The third kappa shape index (κ3) is 5.01. The molecule has 3 fully saturated rings. The Bertz CT molecular complexity index is 632. The molecule has 192 valence electrons. The second-order valence-corrected chi connectivity index (χ2v) is 12.6. The van der Waals surface area contributed by atoms with E-state index in [2.05, 4.69) is 43.4 Å². The van der Waals surface area contributed by atoms with Crippen molar-refractivity contribution in [3.63, 3.8) is 0 Å². The highest BCUT2D eigenvalue weighted by Crippen LogP contribution is 2.68. The lowest BCUT2D eigenvalue weighted by Gasteiger charge is -2.63. The quantitative estimate of drug-likeness (QED) is 0.127. The van der Waals surface area contributed by atoms with Gasteiger partial charge in [-0.15, -0.1) is 0 Å². The lowest BCUT2D eigenvalue weighted by molar-refractivity contribution is -0.211. The molecule has 0 saturated heterocycles. The SMILES string of the molecule is COCCC[C@@H](C)[C@H]1CC[C@H]2[C@@H]3[C@H](OC)C[C@H](COC=O)[C@](C)(CCI)[C@H]3C[C@H](OC)[C@]12C. The summed E-state index contributed by atoms with van der Waals surface area (Å²) in [5.74, 6) is 3.36. The van der Waals surface area contributed by atoms with Crippen molar-refractivity contribution >= 4 is 29.1 Å². The van der Waals surface area contributed by atoms with Crippen molar-refractivity contribution in [2.24, 2.45) is 46.3 Å². The minimum atomic E-state index is 0.129. The van der Waals surface area contributed by atoms with Gasteiger partial charge < -0.3 is 18.9 Å². The molecule has 0 spiro atoms. The van der Waals surface area contributed by atoms with Crippen molar-refractivity contribution < 1.29 is 23.7 Å². The summed E-state index contributed by atoms with van der Waals surface area (Å²) >= 11 is 2.52. The highest BCUT2D eigenvalue weighted by Gasteiger charge is 2.65. The fourth-order valence-corrected chi connectivity index (χ4v) is 9.92. The molecule has 0 radical (unpaired) electrons. The summed E-state index contributed by atoms with van der Waals surface area (Å²) in [4.78, 5) is 11.1. The number of hydrogen-bond acceptors (Lipinski definition) is 5. The first-order chi connectivity index (χ1) is 15.8. The molecule has 33 heavy (non-hydrogen) atoms. The molecule has 0 aromatic heterocycles. The summed E-state index contributed by atoms with van der Waals surface area (Å²) in [6.07, 6.45) is 8.61. The molecule has 0 heterocycles. The van der Waals surface area contributed by atoms with Gasteiger partial charge in [0.05, 0.1) is 18.8 Å². The van der Waals surface area contributed by atoms with Crippen LogP contribution < -0.4 is 0 Å². The molecule has 3 saturated carbocycles. The van der Waals surface area contributed by atoms with E-state index in [4.69, 9.17) is 18.9 Å². The number of fused-ring (bicyclic) bond motifs is 3. The number of alkyl halides is 1. The highest BCUT2D eigenvalue weighted by molar-refractivity contribution is 14.1. The molecule has 0 unspecified atom stereocenters. The van der Waals surface area contributed by atoms with Crippen LogP contribution in [0.1, 0.15) is 65.7 Å². The third-order valence-electron chi connectivity index (χ3n) is 10.5. The summed E-state index contributed by atoms with van der Waals surface area (Å²) in [6.45, 7) is 9.41. The number of rotatable bonds is 12. The van der Waals surface area contributed by atoms with Crippen LogP contribution in [0.3, 0.4) is 0 Å². The van der Waals surface area contributed by atoms with E-state index in [1.165, 1.54) is 19.3 Å². The van der Waals surface area contributed by atoms with E-state index in [9.17, 15) is 4.79 Å². The first kappa shape index (κ1) is 27.7. The van der Waals surface area contributed by atoms with Crippen LogP contribution in [-0.4, -0.2) is 57.7 Å². The normalized spacial score (nSPS) is 43.5. The average Bonchev–Trinajstić information content (AvgIpc) is 3.16. The van der Waals surface area contributed by atoms with Crippen LogP contribution in [0, 0.1) is 46.3 Å². The molecule has 0 bridgehead atoms. The van der Waals surface area contributed by atoms with Gasteiger partial charge in [-0.1, -0.05) is 43.4 Å². The Morgan fingerprint density at radius 3 is 2.45 bits per heavy atom. The summed E-state index contributed by atoms with van der Waals surface area (Å²) in [6, 6.07) is 0. The molecule has 3 aliphatic carbocycles. The first-order valence-electron chi connectivity index (χ1n) is 13.0. The van der Waals surface area contributed by atoms with Crippen LogP contribution in [-0.2, 0) is 23.7 Å². The van der Waals surface area contributed by atoms with Gasteiger partial charge >= 0.3 is 0 Å². The molecule has 3 aliphatic rings. The number of carbonyl (C=O) groups excluding carboxylic acids is 1. The fourth-order valence-electron chi connectivity index (χ4n) is 8.76. The third-order valence-corrected chi connectivity index (χ3v) is 11.0. The standard InChI is InChI=1S/C27H47IO5/c1-18(8-7-13-30-4)20-9-10-21-25-22(15-24(32-6)27(20,21)3)26(2,11-12-28)19(16-33-17-29)14-23(25)31-5/h17-25H,7-16H2,1-6H3/t18-,19-,20-,21+,22+,23-,24+,25+,26+,27-/m1/s1. The van der Waals surface area contributed by atoms with Gasteiger partial charge in [-0.3, -0.25) is 4.79 Å². The smallest absolute Gasteiger partial charge is 0.293 e. The molecule has 0 aromatic carbocycles. The number of ether oxygens (including phenoxy) is 4. The zero-order valence-corrected chi connectivity index (χ0v) is 23.8.